The first-order chi connectivity index (χ1) is 11.7. The van der Waals surface area contributed by atoms with Gasteiger partial charge in [0.15, 0.2) is 0 Å². The Balaban J connectivity index is 1.39. The average Bonchev–Trinajstić information content (AvgIpc) is 3.11. The number of halogens is 1. The molecule has 1 aliphatic rings. The second kappa shape index (κ2) is 8.08. The SMILES string of the molecule is O=C(CCCn1ccnc1)N1CCC(Cc2ccccc2F)CC1. The fourth-order valence-electron chi connectivity index (χ4n) is 3.35. The molecule has 1 aromatic heterocycles. The van der Waals surface area contributed by atoms with E-state index in [1.54, 1.807) is 18.6 Å². The molecule has 1 saturated heterocycles. The molecule has 2 heterocycles. The lowest BCUT2D eigenvalue weighted by Crippen LogP contribution is -2.38. The van der Waals surface area contributed by atoms with E-state index in [4.69, 9.17) is 0 Å². The molecule has 4 nitrogen and oxygen atoms in total. The molecule has 24 heavy (non-hydrogen) atoms. The smallest absolute Gasteiger partial charge is 0.222 e. The summed E-state index contributed by atoms with van der Waals surface area (Å²) in [4.78, 5) is 18.3. The number of hydrogen-bond donors (Lipinski definition) is 0. The number of carbonyl (C=O) groups is 1. The summed E-state index contributed by atoms with van der Waals surface area (Å²) in [6, 6.07) is 7.00. The van der Waals surface area contributed by atoms with Crippen LogP contribution in [-0.2, 0) is 17.8 Å². The van der Waals surface area contributed by atoms with Gasteiger partial charge in [0.05, 0.1) is 6.33 Å². The van der Waals surface area contributed by atoms with Gasteiger partial charge in [0.25, 0.3) is 0 Å². The summed E-state index contributed by atoms with van der Waals surface area (Å²) < 4.78 is 15.7. The lowest BCUT2D eigenvalue weighted by Gasteiger charge is -2.32. The van der Waals surface area contributed by atoms with Crippen LogP contribution in [-0.4, -0.2) is 33.4 Å². The van der Waals surface area contributed by atoms with E-state index in [1.807, 2.05) is 27.8 Å². The van der Waals surface area contributed by atoms with Crippen LogP contribution in [0.4, 0.5) is 4.39 Å². The van der Waals surface area contributed by atoms with E-state index in [2.05, 4.69) is 4.98 Å². The number of likely N-dealkylation sites (tertiary alicyclic amines) is 1. The number of carbonyl (C=O) groups excluding carboxylic acids is 1. The number of nitrogens with zero attached hydrogens (tertiary/aromatic N) is 3. The van der Waals surface area contributed by atoms with Crippen molar-refractivity contribution in [1.82, 2.24) is 14.5 Å². The number of amides is 1. The molecule has 0 saturated carbocycles. The minimum absolute atomic E-state index is 0.115. The molecular weight excluding hydrogens is 305 g/mol. The molecular formula is C19H24FN3O. The number of aryl methyl sites for hydroxylation is 1. The van der Waals surface area contributed by atoms with Gasteiger partial charge in [-0.2, -0.15) is 0 Å². The Morgan fingerprint density at radius 3 is 2.75 bits per heavy atom. The first-order valence-electron chi connectivity index (χ1n) is 8.69. The summed E-state index contributed by atoms with van der Waals surface area (Å²) in [5.74, 6) is 0.590. The van der Waals surface area contributed by atoms with E-state index in [0.29, 0.717) is 12.3 Å². The van der Waals surface area contributed by atoms with E-state index in [-0.39, 0.29) is 11.7 Å². The first kappa shape index (κ1) is 16.7. The Morgan fingerprint density at radius 2 is 2.04 bits per heavy atom. The molecule has 1 fully saturated rings. The molecule has 0 aliphatic carbocycles. The number of aromatic nitrogens is 2. The Morgan fingerprint density at radius 1 is 1.25 bits per heavy atom. The maximum absolute atomic E-state index is 13.7. The molecule has 2 aromatic rings. The Hall–Kier alpha value is -2.17. The van der Waals surface area contributed by atoms with E-state index >= 15 is 0 Å². The second-order valence-corrected chi connectivity index (χ2v) is 6.52. The minimum Gasteiger partial charge on any atom is -0.343 e. The summed E-state index contributed by atoms with van der Waals surface area (Å²) in [5, 5.41) is 0. The third-order valence-electron chi connectivity index (χ3n) is 4.80. The highest BCUT2D eigenvalue weighted by atomic mass is 19.1. The van der Waals surface area contributed by atoms with Crippen molar-refractivity contribution in [3.63, 3.8) is 0 Å². The molecule has 0 spiro atoms. The number of hydrogen-bond acceptors (Lipinski definition) is 2. The summed E-state index contributed by atoms with van der Waals surface area (Å²) >= 11 is 0. The molecule has 0 atom stereocenters. The standard InChI is InChI=1S/C19H24FN3O/c20-18-5-2-1-4-17(18)14-16-7-11-23(12-8-16)19(24)6-3-10-22-13-9-21-15-22/h1-2,4-5,9,13,15-16H,3,6-8,10-12,14H2. The van der Waals surface area contributed by atoms with Crippen LogP contribution in [0, 0.1) is 11.7 Å². The fraction of sp³-hybridized carbons (Fsp3) is 0.474. The van der Waals surface area contributed by atoms with E-state index in [1.165, 1.54) is 6.07 Å². The maximum Gasteiger partial charge on any atom is 0.222 e. The Bertz CT molecular complexity index is 648. The quantitative estimate of drug-likeness (QED) is 0.816. The van der Waals surface area contributed by atoms with Crippen LogP contribution in [0.2, 0.25) is 0 Å². The number of rotatable bonds is 6. The normalized spacial score (nSPS) is 15.6. The molecule has 1 aliphatic heterocycles. The number of piperidine rings is 1. The van der Waals surface area contributed by atoms with Gasteiger partial charge >= 0.3 is 0 Å². The van der Waals surface area contributed by atoms with Crippen LogP contribution in [0.15, 0.2) is 43.0 Å². The van der Waals surface area contributed by atoms with Crippen LogP contribution in [0.1, 0.15) is 31.2 Å². The van der Waals surface area contributed by atoms with Gasteiger partial charge in [-0.15, -0.1) is 0 Å². The molecule has 1 aromatic carbocycles. The van der Waals surface area contributed by atoms with Crippen molar-refractivity contribution in [1.29, 1.82) is 0 Å². The van der Waals surface area contributed by atoms with Crippen molar-refractivity contribution in [2.75, 3.05) is 13.1 Å². The highest BCUT2D eigenvalue weighted by molar-refractivity contribution is 5.76. The monoisotopic (exact) mass is 329 g/mol. The third-order valence-corrected chi connectivity index (χ3v) is 4.80. The van der Waals surface area contributed by atoms with Gasteiger partial charge in [-0.25, -0.2) is 9.37 Å². The fourth-order valence-corrected chi connectivity index (χ4v) is 3.35. The first-order valence-corrected chi connectivity index (χ1v) is 8.69. The zero-order chi connectivity index (χ0) is 16.8. The van der Waals surface area contributed by atoms with Crippen molar-refractivity contribution in [3.8, 4) is 0 Å². The van der Waals surface area contributed by atoms with Gasteiger partial charge in [-0.05, 0) is 43.2 Å². The second-order valence-electron chi connectivity index (χ2n) is 6.52. The van der Waals surface area contributed by atoms with Crippen LogP contribution >= 0.6 is 0 Å². The number of imidazole rings is 1. The molecule has 3 rings (SSSR count). The van der Waals surface area contributed by atoms with Gasteiger partial charge in [0.1, 0.15) is 5.82 Å². The molecule has 0 radical (unpaired) electrons. The van der Waals surface area contributed by atoms with Crippen LogP contribution in [0.25, 0.3) is 0 Å². The topological polar surface area (TPSA) is 38.1 Å². The third kappa shape index (κ3) is 4.43. The lowest BCUT2D eigenvalue weighted by molar-refractivity contribution is -0.132. The molecule has 1 amide bonds. The molecule has 0 unspecified atom stereocenters. The summed E-state index contributed by atoms with van der Waals surface area (Å²) in [6.45, 7) is 2.42. The van der Waals surface area contributed by atoms with Crippen LogP contribution in [0.5, 0.6) is 0 Å². The summed E-state index contributed by atoms with van der Waals surface area (Å²) in [5.41, 5.74) is 0.794. The van der Waals surface area contributed by atoms with Gasteiger partial charge in [-0.3, -0.25) is 4.79 Å². The van der Waals surface area contributed by atoms with Crippen molar-refractivity contribution >= 4 is 5.91 Å². The van der Waals surface area contributed by atoms with E-state index in [0.717, 1.165) is 50.9 Å². The van der Waals surface area contributed by atoms with Crippen molar-refractivity contribution in [3.05, 3.63) is 54.4 Å². The summed E-state index contributed by atoms with van der Waals surface area (Å²) in [6.07, 6.45) is 9.55. The van der Waals surface area contributed by atoms with Crippen molar-refractivity contribution < 1.29 is 9.18 Å². The van der Waals surface area contributed by atoms with Gasteiger partial charge in [0.2, 0.25) is 5.91 Å². The zero-order valence-electron chi connectivity index (χ0n) is 13.9. The maximum atomic E-state index is 13.7. The highest BCUT2D eigenvalue weighted by Gasteiger charge is 2.23. The molecule has 0 bridgehead atoms. The molecule has 5 heteroatoms. The number of benzene rings is 1. The average molecular weight is 329 g/mol. The van der Waals surface area contributed by atoms with E-state index < -0.39 is 0 Å². The van der Waals surface area contributed by atoms with Gasteiger partial charge in [0, 0.05) is 38.4 Å². The van der Waals surface area contributed by atoms with Crippen molar-refractivity contribution in [2.24, 2.45) is 5.92 Å². The molecule has 128 valence electrons. The predicted molar refractivity (Wildman–Crippen MR) is 90.9 cm³/mol. The lowest BCUT2D eigenvalue weighted by atomic mass is 9.90. The highest BCUT2D eigenvalue weighted by Crippen LogP contribution is 2.23. The predicted octanol–water partition coefficient (Wildman–Crippen LogP) is 3.28. The largest absolute Gasteiger partial charge is 0.343 e. The Kier molecular flexibility index (Phi) is 5.62. The van der Waals surface area contributed by atoms with Gasteiger partial charge in [-0.1, -0.05) is 18.2 Å². The van der Waals surface area contributed by atoms with E-state index in [9.17, 15) is 9.18 Å². The molecule has 0 N–H and O–H groups in total. The van der Waals surface area contributed by atoms with Crippen molar-refractivity contribution in [2.45, 2.75) is 38.6 Å². The van der Waals surface area contributed by atoms with Crippen LogP contribution in [0.3, 0.4) is 0 Å². The van der Waals surface area contributed by atoms with Gasteiger partial charge < -0.3 is 9.47 Å². The minimum atomic E-state index is -0.115. The summed E-state index contributed by atoms with van der Waals surface area (Å²) in [7, 11) is 0. The van der Waals surface area contributed by atoms with Crippen LogP contribution < -0.4 is 0 Å². The Labute approximate surface area is 142 Å². The zero-order valence-corrected chi connectivity index (χ0v) is 13.9.